The highest BCUT2D eigenvalue weighted by atomic mass is 32.2. The van der Waals surface area contributed by atoms with E-state index in [2.05, 4.69) is 6.58 Å². The highest BCUT2D eigenvalue weighted by molar-refractivity contribution is 7.91. The lowest BCUT2D eigenvalue weighted by molar-refractivity contribution is -0.139. The fraction of sp³-hybridized carbons (Fsp3) is 0.667. The van der Waals surface area contributed by atoms with Gasteiger partial charge in [0, 0.05) is 5.41 Å². The molecule has 1 fully saturated rings. The molecule has 0 unspecified atom stereocenters. The Balaban J connectivity index is 2.75. The van der Waals surface area contributed by atoms with Crippen molar-refractivity contribution in [2.75, 3.05) is 11.5 Å². The SMILES string of the molecule is C=CC1(CC(=O)O)CCS(=O)(=O)CC1. The van der Waals surface area contributed by atoms with E-state index in [-0.39, 0.29) is 17.9 Å². The smallest absolute Gasteiger partial charge is 0.304 e. The number of carbonyl (C=O) groups is 1. The molecule has 1 N–H and O–H groups in total. The van der Waals surface area contributed by atoms with Crippen LogP contribution in [0.25, 0.3) is 0 Å². The van der Waals surface area contributed by atoms with Crippen LogP contribution in [-0.2, 0) is 14.6 Å². The highest BCUT2D eigenvalue weighted by Crippen LogP contribution is 2.36. The van der Waals surface area contributed by atoms with Gasteiger partial charge in [0.15, 0.2) is 0 Å². The van der Waals surface area contributed by atoms with Crippen LogP contribution in [0.15, 0.2) is 12.7 Å². The molecule has 1 aliphatic heterocycles. The summed E-state index contributed by atoms with van der Waals surface area (Å²) < 4.78 is 22.3. The Kier molecular flexibility index (Phi) is 2.99. The molecule has 1 rings (SSSR count). The standard InChI is InChI=1S/C9H14O4S/c1-2-9(7-8(10)11)3-5-14(12,13)6-4-9/h2H,1,3-7H2,(H,10,11). The first-order valence-electron chi connectivity index (χ1n) is 4.45. The molecule has 14 heavy (non-hydrogen) atoms. The zero-order valence-electron chi connectivity index (χ0n) is 7.90. The molecule has 1 aliphatic rings. The van der Waals surface area contributed by atoms with Crippen molar-refractivity contribution in [3.8, 4) is 0 Å². The van der Waals surface area contributed by atoms with Gasteiger partial charge in [0.05, 0.1) is 17.9 Å². The van der Waals surface area contributed by atoms with Crippen LogP contribution in [0.1, 0.15) is 19.3 Å². The van der Waals surface area contributed by atoms with Gasteiger partial charge < -0.3 is 5.11 Å². The van der Waals surface area contributed by atoms with Gasteiger partial charge in [-0.15, -0.1) is 6.58 Å². The molecule has 5 heteroatoms. The first-order valence-corrected chi connectivity index (χ1v) is 6.27. The summed E-state index contributed by atoms with van der Waals surface area (Å²) in [6.45, 7) is 3.60. The second-order valence-electron chi connectivity index (χ2n) is 3.79. The van der Waals surface area contributed by atoms with Gasteiger partial charge in [-0.1, -0.05) is 6.08 Å². The summed E-state index contributed by atoms with van der Waals surface area (Å²) in [5, 5.41) is 8.69. The minimum absolute atomic E-state index is 0.0218. The second-order valence-corrected chi connectivity index (χ2v) is 6.09. The topological polar surface area (TPSA) is 71.4 Å². The van der Waals surface area contributed by atoms with Crippen LogP contribution in [0.3, 0.4) is 0 Å². The summed E-state index contributed by atoms with van der Waals surface area (Å²) in [6.07, 6.45) is 2.33. The molecule has 1 saturated heterocycles. The fourth-order valence-corrected chi connectivity index (χ4v) is 3.34. The average molecular weight is 218 g/mol. The normalized spacial score (nSPS) is 24.0. The zero-order valence-corrected chi connectivity index (χ0v) is 8.72. The van der Waals surface area contributed by atoms with Crippen molar-refractivity contribution in [1.29, 1.82) is 0 Å². The summed E-state index contributed by atoms with van der Waals surface area (Å²) in [5.74, 6) is -0.748. The van der Waals surface area contributed by atoms with Crippen molar-refractivity contribution in [3.63, 3.8) is 0 Å². The molecule has 0 saturated carbocycles. The third-order valence-corrected chi connectivity index (χ3v) is 4.41. The van der Waals surface area contributed by atoms with Gasteiger partial charge in [0.2, 0.25) is 0 Å². The van der Waals surface area contributed by atoms with Crippen LogP contribution in [0.5, 0.6) is 0 Å². The van der Waals surface area contributed by atoms with E-state index in [1.165, 1.54) is 0 Å². The van der Waals surface area contributed by atoms with Crippen LogP contribution in [-0.4, -0.2) is 31.0 Å². The molecule has 80 valence electrons. The molecule has 0 amide bonds. The van der Waals surface area contributed by atoms with Gasteiger partial charge in [-0.3, -0.25) is 4.79 Å². The van der Waals surface area contributed by atoms with Gasteiger partial charge >= 0.3 is 5.97 Å². The summed E-state index contributed by atoms with van der Waals surface area (Å²) in [6, 6.07) is 0. The van der Waals surface area contributed by atoms with Gasteiger partial charge in [-0.05, 0) is 12.8 Å². The van der Waals surface area contributed by atoms with Crippen LogP contribution in [0.4, 0.5) is 0 Å². The molecule has 0 aromatic rings. The van der Waals surface area contributed by atoms with Crippen LogP contribution < -0.4 is 0 Å². The van der Waals surface area contributed by atoms with Gasteiger partial charge in [0.1, 0.15) is 9.84 Å². The number of hydrogen-bond donors (Lipinski definition) is 1. The lowest BCUT2D eigenvalue weighted by Crippen LogP contribution is -2.33. The molecule has 0 radical (unpaired) electrons. The number of hydrogen-bond acceptors (Lipinski definition) is 3. The maximum Gasteiger partial charge on any atom is 0.304 e. The second kappa shape index (κ2) is 3.73. The Labute approximate surface area is 83.5 Å². The Morgan fingerprint density at radius 3 is 2.29 bits per heavy atom. The summed E-state index contributed by atoms with van der Waals surface area (Å²) in [5.41, 5.74) is -0.517. The lowest BCUT2D eigenvalue weighted by atomic mass is 9.79. The zero-order chi connectivity index (χ0) is 10.8. The number of allylic oxidation sites excluding steroid dienone is 1. The third-order valence-electron chi connectivity index (χ3n) is 2.76. The molecule has 0 aliphatic carbocycles. The van der Waals surface area contributed by atoms with Gasteiger partial charge in [-0.25, -0.2) is 8.42 Å². The van der Waals surface area contributed by atoms with E-state index in [4.69, 9.17) is 5.11 Å². The summed E-state index contributed by atoms with van der Waals surface area (Å²) >= 11 is 0. The van der Waals surface area contributed by atoms with E-state index in [1.54, 1.807) is 6.08 Å². The number of aliphatic carboxylic acids is 1. The van der Waals surface area contributed by atoms with Gasteiger partial charge in [0.25, 0.3) is 0 Å². The van der Waals surface area contributed by atoms with E-state index in [0.29, 0.717) is 12.8 Å². The quantitative estimate of drug-likeness (QED) is 0.712. The predicted octanol–water partition coefficient (Wildman–Crippen LogP) is 0.842. The molecule has 0 bridgehead atoms. The highest BCUT2D eigenvalue weighted by Gasteiger charge is 2.36. The first-order chi connectivity index (χ1) is 6.39. The van der Waals surface area contributed by atoms with E-state index in [9.17, 15) is 13.2 Å². The average Bonchev–Trinajstić information content (AvgIpc) is 2.09. The van der Waals surface area contributed by atoms with Crippen molar-refractivity contribution in [2.45, 2.75) is 19.3 Å². The van der Waals surface area contributed by atoms with Gasteiger partial charge in [-0.2, -0.15) is 0 Å². The molecule has 0 aromatic heterocycles. The molecule has 4 nitrogen and oxygen atoms in total. The predicted molar refractivity (Wildman–Crippen MR) is 52.8 cm³/mol. The van der Waals surface area contributed by atoms with Crippen molar-refractivity contribution in [1.82, 2.24) is 0 Å². The summed E-state index contributed by atoms with van der Waals surface area (Å²) in [4.78, 5) is 10.6. The minimum atomic E-state index is -2.94. The van der Waals surface area contributed by atoms with Crippen molar-refractivity contribution >= 4 is 15.8 Å². The largest absolute Gasteiger partial charge is 0.481 e. The van der Waals surface area contributed by atoms with Crippen molar-refractivity contribution in [2.24, 2.45) is 5.41 Å². The van der Waals surface area contributed by atoms with E-state index < -0.39 is 21.2 Å². The third kappa shape index (κ3) is 2.57. The Morgan fingerprint density at radius 2 is 1.93 bits per heavy atom. The molecule has 0 atom stereocenters. The van der Waals surface area contributed by atoms with Crippen LogP contribution in [0.2, 0.25) is 0 Å². The Hall–Kier alpha value is -0.840. The minimum Gasteiger partial charge on any atom is -0.481 e. The summed E-state index contributed by atoms with van der Waals surface area (Å²) in [7, 11) is -2.94. The molecular weight excluding hydrogens is 204 g/mol. The maximum atomic E-state index is 11.2. The number of sulfone groups is 1. The van der Waals surface area contributed by atoms with Crippen molar-refractivity contribution in [3.05, 3.63) is 12.7 Å². The van der Waals surface area contributed by atoms with E-state index >= 15 is 0 Å². The molecular formula is C9H14O4S. The number of carboxylic acids is 1. The monoisotopic (exact) mass is 218 g/mol. The molecule has 0 aromatic carbocycles. The Bertz CT molecular complexity index is 328. The Morgan fingerprint density at radius 1 is 1.43 bits per heavy atom. The molecule has 1 heterocycles. The van der Waals surface area contributed by atoms with Crippen molar-refractivity contribution < 1.29 is 18.3 Å². The fourth-order valence-electron chi connectivity index (χ4n) is 1.70. The lowest BCUT2D eigenvalue weighted by Gasteiger charge is -2.32. The first kappa shape index (κ1) is 11.2. The number of carboxylic acid groups (broad SMARTS) is 1. The van der Waals surface area contributed by atoms with Crippen LogP contribution >= 0.6 is 0 Å². The van der Waals surface area contributed by atoms with E-state index in [0.717, 1.165) is 0 Å². The van der Waals surface area contributed by atoms with E-state index in [1.807, 2.05) is 0 Å². The number of rotatable bonds is 3. The van der Waals surface area contributed by atoms with Crippen LogP contribution in [0, 0.1) is 5.41 Å². The maximum absolute atomic E-state index is 11.2. The molecule has 0 spiro atoms.